The van der Waals surface area contributed by atoms with Gasteiger partial charge in [0.1, 0.15) is 11.6 Å². The smallest absolute Gasteiger partial charge is 0.406 e. The van der Waals surface area contributed by atoms with Gasteiger partial charge in [-0.25, -0.2) is 4.39 Å². The Labute approximate surface area is 138 Å². The molecule has 0 amide bonds. The summed E-state index contributed by atoms with van der Waals surface area (Å²) >= 11 is 3.26. The molecule has 0 aliphatic carbocycles. The fourth-order valence-corrected chi connectivity index (χ4v) is 2.30. The average molecular weight is 401 g/mol. The molecule has 1 atom stereocenters. The van der Waals surface area contributed by atoms with E-state index in [4.69, 9.17) is 5.73 Å². The van der Waals surface area contributed by atoms with Crippen molar-refractivity contribution in [3.05, 3.63) is 63.9 Å². The third kappa shape index (κ3) is 4.86. The van der Waals surface area contributed by atoms with E-state index in [0.29, 0.717) is 15.6 Å². The van der Waals surface area contributed by atoms with Crippen molar-refractivity contribution in [2.75, 3.05) is 0 Å². The fraction of sp³-hybridized carbons (Fsp3) is 0.143. The molecule has 2 aromatic carbocycles. The SMILES string of the molecule is Cl.N[C@@H](c1ccc(OC(F)(F)F)cc1)c1cc(F)ccc1Br. The van der Waals surface area contributed by atoms with E-state index in [1.54, 1.807) is 0 Å². The third-order valence-electron chi connectivity index (χ3n) is 2.77. The van der Waals surface area contributed by atoms with Gasteiger partial charge in [0.05, 0.1) is 6.04 Å². The van der Waals surface area contributed by atoms with Crippen LogP contribution in [0.5, 0.6) is 5.75 Å². The van der Waals surface area contributed by atoms with Crippen LogP contribution in [0.15, 0.2) is 46.9 Å². The lowest BCUT2D eigenvalue weighted by Crippen LogP contribution is -2.17. The molecule has 0 aromatic heterocycles. The minimum absolute atomic E-state index is 0. The predicted octanol–water partition coefficient (Wildman–Crippen LogP) is 4.96. The lowest BCUT2D eigenvalue weighted by Gasteiger charge is -2.15. The van der Waals surface area contributed by atoms with E-state index in [0.717, 1.165) is 12.1 Å². The van der Waals surface area contributed by atoms with Gasteiger partial charge >= 0.3 is 6.36 Å². The largest absolute Gasteiger partial charge is 0.573 e. The summed E-state index contributed by atoms with van der Waals surface area (Å²) in [5.41, 5.74) is 7.04. The normalized spacial score (nSPS) is 12.5. The Morgan fingerprint density at radius 1 is 1.05 bits per heavy atom. The summed E-state index contributed by atoms with van der Waals surface area (Å²) in [5, 5.41) is 0. The van der Waals surface area contributed by atoms with E-state index in [1.165, 1.54) is 30.3 Å². The molecule has 22 heavy (non-hydrogen) atoms. The van der Waals surface area contributed by atoms with Crippen molar-refractivity contribution in [2.45, 2.75) is 12.4 Å². The van der Waals surface area contributed by atoms with Gasteiger partial charge in [0, 0.05) is 4.47 Å². The van der Waals surface area contributed by atoms with Crippen LogP contribution in [0.3, 0.4) is 0 Å². The Morgan fingerprint density at radius 3 is 2.18 bits per heavy atom. The molecule has 2 nitrogen and oxygen atoms in total. The number of halogens is 6. The quantitative estimate of drug-likeness (QED) is 0.740. The zero-order valence-electron chi connectivity index (χ0n) is 10.9. The van der Waals surface area contributed by atoms with Gasteiger partial charge in [0.25, 0.3) is 0 Å². The molecule has 2 aromatic rings. The van der Waals surface area contributed by atoms with E-state index in [9.17, 15) is 17.6 Å². The van der Waals surface area contributed by atoms with Crippen molar-refractivity contribution in [3.8, 4) is 5.75 Å². The molecule has 0 radical (unpaired) electrons. The Hall–Kier alpha value is -1.31. The Kier molecular flexibility index (Phi) is 6.22. The molecule has 0 fully saturated rings. The van der Waals surface area contributed by atoms with E-state index in [2.05, 4.69) is 20.7 Å². The monoisotopic (exact) mass is 399 g/mol. The maximum atomic E-state index is 13.3. The molecule has 120 valence electrons. The second-order valence-electron chi connectivity index (χ2n) is 4.26. The molecular formula is C14H11BrClF4NO. The molecule has 0 saturated heterocycles. The number of benzene rings is 2. The minimum atomic E-state index is -4.74. The summed E-state index contributed by atoms with van der Waals surface area (Å²) in [4.78, 5) is 0. The number of rotatable bonds is 3. The van der Waals surface area contributed by atoms with Crippen LogP contribution in [0.4, 0.5) is 17.6 Å². The van der Waals surface area contributed by atoms with Crippen molar-refractivity contribution in [1.29, 1.82) is 0 Å². The maximum absolute atomic E-state index is 13.3. The molecular weight excluding hydrogens is 390 g/mol. The molecule has 0 spiro atoms. The summed E-state index contributed by atoms with van der Waals surface area (Å²) in [6.07, 6.45) is -4.74. The highest BCUT2D eigenvalue weighted by molar-refractivity contribution is 9.10. The molecule has 0 unspecified atom stereocenters. The molecule has 0 heterocycles. The van der Waals surface area contributed by atoms with Gasteiger partial charge in [-0.05, 0) is 41.5 Å². The van der Waals surface area contributed by atoms with Gasteiger partial charge in [-0.2, -0.15) is 0 Å². The van der Waals surface area contributed by atoms with Crippen molar-refractivity contribution in [3.63, 3.8) is 0 Å². The van der Waals surface area contributed by atoms with Gasteiger partial charge in [-0.1, -0.05) is 28.1 Å². The number of hydrogen-bond donors (Lipinski definition) is 1. The summed E-state index contributed by atoms with van der Waals surface area (Å²) in [7, 11) is 0. The first-order valence-corrected chi connectivity index (χ1v) is 6.62. The Bertz CT molecular complexity index is 634. The zero-order chi connectivity index (χ0) is 15.6. The second kappa shape index (κ2) is 7.30. The first kappa shape index (κ1) is 18.7. The van der Waals surface area contributed by atoms with Crippen molar-refractivity contribution in [2.24, 2.45) is 5.73 Å². The van der Waals surface area contributed by atoms with E-state index < -0.39 is 18.2 Å². The van der Waals surface area contributed by atoms with Crippen molar-refractivity contribution < 1.29 is 22.3 Å². The summed E-state index contributed by atoms with van der Waals surface area (Å²) in [6, 6.07) is 8.54. The van der Waals surface area contributed by atoms with Crippen LogP contribution in [-0.2, 0) is 0 Å². The van der Waals surface area contributed by atoms with Crippen LogP contribution >= 0.6 is 28.3 Å². The first-order valence-electron chi connectivity index (χ1n) is 5.82. The molecule has 0 aliphatic heterocycles. The van der Waals surface area contributed by atoms with Crippen LogP contribution in [0.25, 0.3) is 0 Å². The highest BCUT2D eigenvalue weighted by Gasteiger charge is 2.31. The Morgan fingerprint density at radius 2 is 1.64 bits per heavy atom. The number of alkyl halides is 3. The number of hydrogen-bond acceptors (Lipinski definition) is 2. The molecule has 0 saturated carbocycles. The van der Waals surface area contributed by atoms with E-state index in [1.807, 2.05) is 0 Å². The average Bonchev–Trinajstić information content (AvgIpc) is 2.40. The molecule has 0 aliphatic rings. The number of ether oxygens (including phenoxy) is 1. The van der Waals surface area contributed by atoms with Gasteiger partial charge in [-0.3, -0.25) is 0 Å². The highest BCUT2D eigenvalue weighted by Crippen LogP contribution is 2.29. The van der Waals surface area contributed by atoms with Crippen molar-refractivity contribution >= 4 is 28.3 Å². The minimum Gasteiger partial charge on any atom is -0.406 e. The van der Waals surface area contributed by atoms with Gasteiger partial charge in [-0.15, -0.1) is 25.6 Å². The topological polar surface area (TPSA) is 35.2 Å². The van der Waals surface area contributed by atoms with Crippen LogP contribution < -0.4 is 10.5 Å². The van der Waals surface area contributed by atoms with Crippen molar-refractivity contribution in [1.82, 2.24) is 0 Å². The van der Waals surface area contributed by atoms with Gasteiger partial charge < -0.3 is 10.5 Å². The van der Waals surface area contributed by atoms with Crippen LogP contribution in [0.2, 0.25) is 0 Å². The zero-order valence-corrected chi connectivity index (χ0v) is 13.3. The standard InChI is InChI=1S/C14H10BrF4NO.ClH/c15-12-6-3-9(16)7-11(12)13(20)8-1-4-10(5-2-8)21-14(17,18)19;/h1-7,13H,20H2;1H/t13-;/m0./s1. The molecule has 0 bridgehead atoms. The summed E-state index contributed by atoms with van der Waals surface area (Å²) in [6.45, 7) is 0. The first-order chi connectivity index (χ1) is 9.76. The lowest BCUT2D eigenvalue weighted by atomic mass is 9.99. The summed E-state index contributed by atoms with van der Waals surface area (Å²) < 4.78 is 53.8. The highest BCUT2D eigenvalue weighted by atomic mass is 79.9. The van der Waals surface area contributed by atoms with Gasteiger partial charge in [0.2, 0.25) is 0 Å². The fourth-order valence-electron chi connectivity index (χ4n) is 1.81. The van der Waals surface area contributed by atoms with Crippen LogP contribution in [0.1, 0.15) is 17.2 Å². The summed E-state index contributed by atoms with van der Waals surface area (Å²) in [5.74, 6) is -0.780. The molecule has 2 rings (SSSR count). The van der Waals surface area contributed by atoms with E-state index >= 15 is 0 Å². The van der Waals surface area contributed by atoms with Crippen LogP contribution in [-0.4, -0.2) is 6.36 Å². The van der Waals surface area contributed by atoms with E-state index in [-0.39, 0.29) is 18.2 Å². The molecule has 2 N–H and O–H groups in total. The molecule has 8 heteroatoms. The van der Waals surface area contributed by atoms with Crippen LogP contribution in [0, 0.1) is 5.82 Å². The maximum Gasteiger partial charge on any atom is 0.573 e. The Balaban J connectivity index is 0.00000242. The lowest BCUT2D eigenvalue weighted by molar-refractivity contribution is -0.274. The van der Waals surface area contributed by atoms with Gasteiger partial charge in [0.15, 0.2) is 0 Å². The second-order valence-corrected chi connectivity index (χ2v) is 5.11. The number of nitrogens with two attached hydrogens (primary N) is 1. The predicted molar refractivity (Wildman–Crippen MR) is 80.5 cm³/mol. The third-order valence-corrected chi connectivity index (χ3v) is 3.49.